The van der Waals surface area contributed by atoms with Gasteiger partial charge in [-0.1, -0.05) is 24.3 Å². The summed E-state index contributed by atoms with van der Waals surface area (Å²) >= 11 is 0. The first kappa shape index (κ1) is 17.5. The summed E-state index contributed by atoms with van der Waals surface area (Å²) in [5.41, 5.74) is 7.17. The fraction of sp³-hybridized carbons (Fsp3) is 0.316. The molecule has 0 aliphatic carbocycles. The van der Waals surface area contributed by atoms with Crippen molar-refractivity contribution in [2.75, 3.05) is 32.7 Å². The molecule has 0 bridgehead atoms. The van der Waals surface area contributed by atoms with Gasteiger partial charge in [-0.2, -0.15) is 0 Å². The van der Waals surface area contributed by atoms with Gasteiger partial charge in [0.1, 0.15) is 11.6 Å². The van der Waals surface area contributed by atoms with E-state index in [1.807, 2.05) is 4.90 Å². The van der Waals surface area contributed by atoms with Crippen molar-refractivity contribution < 1.29 is 13.6 Å². The molecule has 0 aromatic heterocycles. The van der Waals surface area contributed by atoms with Crippen molar-refractivity contribution in [3.05, 3.63) is 71.3 Å². The van der Waals surface area contributed by atoms with Crippen molar-refractivity contribution in [1.82, 2.24) is 9.80 Å². The SMILES string of the molecule is NC(=O)CN1CCN(C(c2ccc(F)cc2)c2ccc(F)cc2)CC1. The molecule has 2 N–H and O–H groups in total. The van der Waals surface area contributed by atoms with Gasteiger partial charge in [0.2, 0.25) is 5.91 Å². The van der Waals surface area contributed by atoms with Gasteiger partial charge in [0.25, 0.3) is 0 Å². The van der Waals surface area contributed by atoms with Gasteiger partial charge in [-0.25, -0.2) is 8.78 Å². The molecule has 2 aromatic rings. The lowest BCUT2D eigenvalue weighted by molar-refractivity contribution is -0.119. The molecule has 0 unspecified atom stereocenters. The van der Waals surface area contributed by atoms with Crippen LogP contribution < -0.4 is 5.73 Å². The minimum Gasteiger partial charge on any atom is -0.369 e. The third-order valence-corrected chi connectivity index (χ3v) is 4.52. The van der Waals surface area contributed by atoms with Crippen LogP contribution in [-0.4, -0.2) is 48.4 Å². The zero-order valence-corrected chi connectivity index (χ0v) is 13.9. The molecular weight excluding hydrogens is 324 g/mol. The number of piperazine rings is 1. The van der Waals surface area contributed by atoms with Crippen LogP contribution in [-0.2, 0) is 4.79 Å². The molecule has 1 aliphatic heterocycles. The first-order valence-corrected chi connectivity index (χ1v) is 8.28. The molecule has 0 atom stereocenters. The van der Waals surface area contributed by atoms with E-state index in [0.29, 0.717) is 0 Å². The number of hydrogen-bond acceptors (Lipinski definition) is 3. The van der Waals surface area contributed by atoms with Crippen LogP contribution in [0.3, 0.4) is 0 Å². The molecule has 2 aromatic carbocycles. The highest BCUT2D eigenvalue weighted by Crippen LogP contribution is 2.30. The first-order valence-electron chi connectivity index (χ1n) is 8.28. The van der Waals surface area contributed by atoms with Gasteiger partial charge in [0.15, 0.2) is 0 Å². The number of amides is 1. The topological polar surface area (TPSA) is 49.6 Å². The normalized spacial score (nSPS) is 16.3. The summed E-state index contributed by atoms with van der Waals surface area (Å²) in [4.78, 5) is 15.4. The lowest BCUT2D eigenvalue weighted by Crippen LogP contribution is -2.49. The number of benzene rings is 2. The lowest BCUT2D eigenvalue weighted by Gasteiger charge is -2.39. The Morgan fingerprint density at radius 3 is 1.72 bits per heavy atom. The largest absolute Gasteiger partial charge is 0.369 e. The Morgan fingerprint density at radius 1 is 0.880 bits per heavy atom. The molecule has 1 amide bonds. The van der Waals surface area contributed by atoms with Crippen molar-refractivity contribution in [2.24, 2.45) is 5.73 Å². The van der Waals surface area contributed by atoms with Crippen molar-refractivity contribution in [3.8, 4) is 0 Å². The van der Waals surface area contributed by atoms with E-state index in [4.69, 9.17) is 5.73 Å². The molecule has 1 fully saturated rings. The summed E-state index contributed by atoms with van der Waals surface area (Å²) in [5.74, 6) is -0.900. The van der Waals surface area contributed by atoms with Crippen LogP contribution in [0.2, 0.25) is 0 Å². The number of primary amides is 1. The monoisotopic (exact) mass is 345 g/mol. The fourth-order valence-corrected chi connectivity index (χ4v) is 3.30. The number of nitrogens with zero attached hydrogens (tertiary/aromatic N) is 2. The van der Waals surface area contributed by atoms with Gasteiger partial charge in [0.05, 0.1) is 12.6 Å². The predicted molar refractivity (Wildman–Crippen MR) is 91.9 cm³/mol. The Labute approximate surface area is 145 Å². The standard InChI is InChI=1S/C19H21F2N3O/c20-16-5-1-14(2-6-16)19(15-3-7-17(21)8-4-15)24-11-9-23(10-12-24)13-18(22)25/h1-8,19H,9-13H2,(H2,22,25). The van der Waals surface area contributed by atoms with E-state index in [0.717, 1.165) is 37.3 Å². The molecular formula is C19H21F2N3O. The summed E-state index contributed by atoms with van der Waals surface area (Å²) in [6.45, 7) is 3.19. The maximum atomic E-state index is 13.3. The second kappa shape index (κ2) is 7.72. The van der Waals surface area contributed by atoms with Crippen LogP contribution >= 0.6 is 0 Å². The molecule has 0 spiro atoms. The second-order valence-electron chi connectivity index (χ2n) is 6.28. The number of halogens is 2. The number of rotatable bonds is 5. The minimum atomic E-state index is -0.331. The van der Waals surface area contributed by atoms with Crippen LogP contribution in [0, 0.1) is 11.6 Å². The van der Waals surface area contributed by atoms with Gasteiger partial charge in [-0.3, -0.25) is 14.6 Å². The van der Waals surface area contributed by atoms with Gasteiger partial charge in [-0.05, 0) is 35.4 Å². The van der Waals surface area contributed by atoms with E-state index in [2.05, 4.69) is 4.90 Å². The molecule has 132 valence electrons. The Morgan fingerprint density at radius 2 is 1.32 bits per heavy atom. The number of nitrogens with two attached hydrogens (primary N) is 1. The fourth-order valence-electron chi connectivity index (χ4n) is 3.30. The maximum Gasteiger partial charge on any atom is 0.231 e. The summed E-state index contributed by atoms with van der Waals surface area (Å²) in [6, 6.07) is 12.7. The summed E-state index contributed by atoms with van der Waals surface area (Å²) < 4.78 is 26.6. The molecule has 1 aliphatic rings. The van der Waals surface area contributed by atoms with Crippen LogP contribution in [0.1, 0.15) is 17.2 Å². The molecule has 6 heteroatoms. The first-order chi connectivity index (χ1) is 12.0. The smallest absolute Gasteiger partial charge is 0.231 e. The number of carbonyl (C=O) groups is 1. The Hall–Kier alpha value is -2.31. The molecule has 1 heterocycles. The lowest BCUT2D eigenvalue weighted by atomic mass is 9.96. The van der Waals surface area contributed by atoms with E-state index in [1.165, 1.54) is 24.3 Å². The van der Waals surface area contributed by atoms with E-state index in [1.54, 1.807) is 24.3 Å². The predicted octanol–water partition coefficient (Wildman–Crippen LogP) is 2.16. The molecule has 1 saturated heterocycles. The minimum absolute atomic E-state index is 0.0862. The average molecular weight is 345 g/mol. The van der Waals surface area contributed by atoms with E-state index >= 15 is 0 Å². The Bertz CT molecular complexity index is 665. The van der Waals surface area contributed by atoms with Gasteiger partial charge in [0, 0.05) is 26.2 Å². The van der Waals surface area contributed by atoms with Crippen molar-refractivity contribution >= 4 is 5.91 Å². The van der Waals surface area contributed by atoms with Crippen LogP contribution in [0.15, 0.2) is 48.5 Å². The van der Waals surface area contributed by atoms with Gasteiger partial charge < -0.3 is 5.73 Å². The Kier molecular flexibility index (Phi) is 5.40. The van der Waals surface area contributed by atoms with Crippen LogP contribution in [0.25, 0.3) is 0 Å². The van der Waals surface area contributed by atoms with Crippen molar-refractivity contribution in [2.45, 2.75) is 6.04 Å². The maximum absolute atomic E-state index is 13.3. The summed E-state index contributed by atoms with van der Waals surface area (Å²) in [6.07, 6.45) is 0. The quantitative estimate of drug-likeness (QED) is 0.903. The van der Waals surface area contributed by atoms with E-state index in [-0.39, 0.29) is 30.1 Å². The van der Waals surface area contributed by atoms with E-state index in [9.17, 15) is 13.6 Å². The second-order valence-corrected chi connectivity index (χ2v) is 6.28. The number of hydrogen-bond donors (Lipinski definition) is 1. The third kappa shape index (κ3) is 4.41. The van der Waals surface area contributed by atoms with E-state index < -0.39 is 0 Å². The number of carbonyl (C=O) groups excluding carboxylic acids is 1. The Balaban J connectivity index is 1.83. The van der Waals surface area contributed by atoms with Gasteiger partial charge in [-0.15, -0.1) is 0 Å². The van der Waals surface area contributed by atoms with Crippen molar-refractivity contribution in [3.63, 3.8) is 0 Å². The zero-order valence-electron chi connectivity index (χ0n) is 13.9. The summed E-state index contributed by atoms with van der Waals surface area (Å²) in [5, 5.41) is 0. The molecule has 0 radical (unpaired) electrons. The van der Waals surface area contributed by atoms with Crippen LogP contribution in [0.5, 0.6) is 0 Å². The van der Waals surface area contributed by atoms with Crippen molar-refractivity contribution in [1.29, 1.82) is 0 Å². The highest BCUT2D eigenvalue weighted by atomic mass is 19.1. The molecule has 4 nitrogen and oxygen atoms in total. The highest BCUT2D eigenvalue weighted by molar-refractivity contribution is 5.75. The summed E-state index contributed by atoms with van der Waals surface area (Å²) in [7, 11) is 0. The average Bonchev–Trinajstić information content (AvgIpc) is 2.59. The highest BCUT2D eigenvalue weighted by Gasteiger charge is 2.26. The molecule has 25 heavy (non-hydrogen) atoms. The van der Waals surface area contributed by atoms with Crippen LogP contribution in [0.4, 0.5) is 8.78 Å². The molecule has 3 rings (SSSR count). The molecule has 0 saturated carbocycles. The third-order valence-electron chi connectivity index (χ3n) is 4.52. The van der Waals surface area contributed by atoms with Gasteiger partial charge >= 0.3 is 0 Å². The zero-order chi connectivity index (χ0) is 17.8.